The topological polar surface area (TPSA) is 51.6 Å². The summed E-state index contributed by atoms with van der Waals surface area (Å²) in [6.45, 7) is 0. The number of aromatic nitrogens is 4. The van der Waals surface area contributed by atoms with Crippen LogP contribution in [0.5, 0.6) is 0 Å². The molecule has 2 heterocycles. The van der Waals surface area contributed by atoms with Gasteiger partial charge in [0, 0.05) is 33.8 Å². The van der Waals surface area contributed by atoms with Gasteiger partial charge >= 0.3 is 0 Å². The number of fused-ring (bicyclic) bond motifs is 12. The smallest absolute Gasteiger partial charge is 0.164 e. The van der Waals surface area contributed by atoms with Crippen molar-refractivity contribution in [2.75, 3.05) is 0 Å². The summed E-state index contributed by atoms with van der Waals surface area (Å²) < 4.78 is 0. The first-order valence-corrected chi connectivity index (χ1v) is 18.0. The highest BCUT2D eigenvalue weighted by Gasteiger charge is 2.52. The van der Waals surface area contributed by atoms with Gasteiger partial charge in [0.15, 0.2) is 17.5 Å². The van der Waals surface area contributed by atoms with Gasteiger partial charge in [-0.1, -0.05) is 170 Å². The maximum Gasteiger partial charge on any atom is 0.164 e. The molecular weight excluding hydrogens is 645 g/mol. The van der Waals surface area contributed by atoms with Gasteiger partial charge in [-0.3, -0.25) is 4.98 Å². The number of rotatable bonds is 4. The monoisotopic (exact) mass is 674 g/mol. The van der Waals surface area contributed by atoms with Crippen LogP contribution in [-0.2, 0) is 5.41 Å². The molecule has 0 unspecified atom stereocenters. The van der Waals surface area contributed by atoms with E-state index in [0.29, 0.717) is 17.5 Å². The fraction of sp³-hybridized carbons (Fsp3) is 0.0204. The molecule has 1 spiro atoms. The van der Waals surface area contributed by atoms with Crippen LogP contribution in [0.4, 0.5) is 0 Å². The molecule has 2 aliphatic carbocycles. The summed E-state index contributed by atoms with van der Waals surface area (Å²) >= 11 is 0. The van der Waals surface area contributed by atoms with E-state index < -0.39 is 5.41 Å². The van der Waals surface area contributed by atoms with Crippen LogP contribution in [0.25, 0.3) is 78.4 Å². The highest BCUT2D eigenvalue weighted by Crippen LogP contribution is 2.64. The molecule has 246 valence electrons. The van der Waals surface area contributed by atoms with E-state index in [4.69, 9.17) is 19.9 Å². The van der Waals surface area contributed by atoms with E-state index >= 15 is 0 Å². The molecule has 0 amide bonds. The third kappa shape index (κ3) is 4.30. The van der Waals surface area contributed by atoms with Gasteiger partial charge in [-0.15, -0.1) is 0 Å². The van der Waals surface area contributed by atoms with Crippen molar-refractivity contribution in [2.24, 2.45) is 0 Å². The molecule has 4 heteroatoms. The second-order valence-corrected chi connectivity index (χ2v) is 13.7. The Balaban J connectivity index is 1.12. The van der Waals surface area contributed by atoms with Crippen molar-refractivity contribution in [2.45, 2.75) is 5.41 Å². The zero-order valence-corrected chi connectivity index (χ0v) is 28.6. The Labute approximate surface area is 307 Å². The Kier molecular flexibility index (Phi) is 6.43. The molecule has 0 atom stereocenters. The summed E-state index contributed by atoms with van der Waals surface area (Å²) in [5, 5.41) is 1.18. The number of benzene rings is 7. The first kappa shape index (κ1) is 29.7. The lowest BCUT2D eigenvalue weighted by atomic mass is 9.69. The maximum atomic E-state index is 5.12. The largest absolute Gasteiger partial charge is 0.256 e. The molecule has 0 saturated carbocycles. The van der Waals surface area contributed by atoms with Crippen molar-refractivity contribution in [3.8, 4) is 67.5 Å². The molecule has 0 saturated heterocycles. The Morgan fingerprint density at radius 1 is 0.321 bits per heavy atom. The fourth-order valence-electron chi connectivity index (χ4n) is 8.79. The summed E-state index contributed by atoms with van der Waals surface area (Å²) in [7, 11) is 0. The van der Waals surface area contributed by atoms with Crippen LogP contribution < -0.4 is 0 Å². The predicted molar refractivity (Wildman–Crippen MR) is 213 cm³/mol. The van der Waals surface area contributed by atoms with Crippen molar-refractivity contribution < 1.29 is 0 Å². The molecule has 2 aromatic heterocycles. The van der Waals surface area contributed by atoms with Gasteiger partial charge in [-0.25, -0.2) is 15.0 Å². The van der Waals surface area contributed by atoms with Gasteiger partial charge in [0.1, 0.15) is 0 Å². The molecule has 0 aliphatic heterocycles. The summed E-state index contributed by atoms with van der Waals surface area (Å²) in [5.74, 6) is 1.94. The Bertz CT molecular complexity index is 2760. The SMILES string of the molecule is c1ccc(-c2nc(-c3ccccc3)nc(-c3ccc(-c4cccc5ncc6c(c45)C4(c5ccccc5-c5ccccc54)c4ccccc4-6)cc3)n2)cc1. The molecule has 7 aromatic carbocycles. The summed E-state index contributed by atoms with van der Waals surface area (Å²) in [6, 6.07) is 62.2. The molecule has 9 aromatic rings. The second-order valence-electron chi connectivity index (χ2n) is 13.7. The minimum Gasteiger partial charge on any atom is -0.256 e. The van der Waals surface area contributed by atoms with Crippen LogP contribution in [0.3, 0.4) is 0 Å². The highest BCUT2D eigenvalue weighted by molar-refractivity contribution is 6.07. The minimum atomic E-state index is -0.469. The lowest BCUT2D eigenvalue weighted by molar-refractivity contribution is 0.801. The van der Waals surface area contributed by atoms with E-state index in [2.05, 4.69) is 121 Å². The van der Waals surface area contributed by atoms with Crippen LogP contribution in [0, 0.1) is 0 Å². The lowest BCUT2D eigenvalue weighted by Gasteiger charge is -2.31. The lowest BCUT2D eigenvalue weighted by Crippen LogP contribution is -2.26. The average Bonchev–Trinajstić information content (AvgIpc) is 3.71. The normalized spacial score (nSPS) is 13.1. The van der Waals surface area contributed by atoms with Crippen molar-refractivity contribution in [3.05, 3.63) is 204 Å². The van der Waals surface area contributed by atoms with Crippen molar-refractivity contribution in [3.63, 3.8) is 0 Å². The van der Waals surface area contributed by atoms with Crippen molar-refractivity contribution in [1.82, 2.24) is 19.9 Å². The summed E-state index contributed by atoms with van der Waals surface area (Å²) in [6.07, 6.45) is 2.09. The number of hydrogen-bond donors (Lipinski definition) is 0. The molecular formula is C49H30N4. The van der Waals surface area contributed by atoms with Gasteiger partial charge in [-0.2, -0.15) is 0 Å². The molecule has 53 heavy (non-hydrogen) atoms. The summed E-state index contributed by atoms with van der Waals surface area (Å²) in [5.41, 5.74) is 15.9. The predicted octanol–water partition coefficient (Wildman–Crippen LogP) is 11.4. The first-order chi connectivity index (χ1) is 26.3. The quantitative estimate of drug-likeness (QED) is 0.186. The standard InChI is InChI=1S/C49H30N4/c1-3-14-32(15-4-1)46-51-47(33-16-5-2-6-17-33)53-48(52-46)34-28-26-31(27-29-34)35-21-13-25-43-44(35)45-39(30-50-43)38-20-9-12-24-42(38)49(45)40-22-10-7-18-36(40)37-19-8-11-23-41(37)49/h1-30H. The van der Waals surface area contributed by atoms with Crippen LogP contribution in [0.1, 0.15) is 22.3 Å². The zero-order chi connectivity index (χ0) is 34.9. The number of hydrogen-bond acceptors (Lipinski definition) is 4. The summed E-state index contributed by atoms with van der Waals surface area (Å²) in [4.78, 5) is 20.0. The van der Waals surface area contributed by atoms with Crippen molar-refractivity contribution >= 4 is 10.9 Å². The molecule has 11 rings (SSSR count). The average molecular weight is 675 g/mol. The zero-order valence-electron chi connectivity index (χ0n) is 28.6. The second kappa shape index (κ2) is 11.5. The van der Waals surface area contributed by atoms with E-state index in [-0.39, 0.29) is 0 Å². The van der Waals surface area contributed by atoms with E-state index in [1.807, 2.05) is 60.7 Å². The highest BCUT2D eigenvalue weighted by atomic mass is 15.0. The van der Waals surface area contributed by atoms with E-state index in [1.54, 1.807) is 0 Å². The molecule has 2 aliphatic rings. The number of pyridine rings is 1. The van der Waals surface area contributed by atoms with E-state index in [9.17, 15) is 0 Å². The van der Waals surface area contributed by atoms with Crippen molar-refractivity contribution in [1.29, 1.82) is 0 Å². The van der Waals surface area contributed by atoms with Crippen LogP contribution in [-0.4, -0.2) is 19.9 Å². The molecule has 0 N–H and O–H groups in total. The van der Waals surface area contributed by atoms with E-state index in [1.165, 1.54) is 49.9 Å². The number of nitrogens with zero attached hydrogens (tertiary/aromatic N) is 4. The fourth-order valence-corrected chi connectivity index (χ4v) is 8.79. The molecule has 4 nitrogen and oxygen atoms in total. The van der Waals surface area contributed by atoms with Gasteiger partial charge < -0.3 is 0 Å². The molecule has 0 fully saturated rings. The van der Waals surface area contributed by atoms with E-state index in [0.717, 1.165) is 33.3 Å². The van der Waals surface area contributed by atoms with Gasteiger partial charge in [0.05, 0.1) is 10.9 Å². The Hall–Kier alpha value is -7.04. The minimum absolute atomic E-state index is 0.469. The maximum absolute atomic E-state index is 5.12. The van der Waals surface area contributed by atoms with Gasteiger partial charge in [-0.05, 0) is 56.1 Å². The molecule has 0 bridgehead atoms. The first-order valence-electron chi connectivity index (χ1n) is 18.0. The van der Waals surface area contributed by atoms with Crippen LogP contribution in [0.2, 0.25) is 0 Å². The Morgan fingerprint density at radius 2 is 0.736 bits per heavy atom. The third-order valence-corrected chi connectivity index (χ3v) is 11.0. The van der Waals surface area contributed by atoms with Crippen LogP contribution in [0.15, 0.2) is 182 Å². The Morgan fingerprint density at radius 3 is 1.26 bits per heavy atom. The third-order valence-electron chi connectivity index (χ3n) is 11.0. The van der Waals surface area contributed by atoms with Gasteiger partial charge in [0.25, 0.3) is 0 Å². The molecule has 0 radical (unpaired) electrons. The van der Waals surface area contributed by atoms with Gasteiger partial charge in [0.2, 0.25) is 0 Å². The van der Waals surface area contributed by atoms with Crippen LogP contribution >= 0.6 is 0 Å².